The van der Waals surface area contributed by atoms with Crippen LogP contribution in [0, 0.1) is 0 Å². The van der Waals surface area contributed by atoms with E-state index in [0.717, 1.165) is 11.1 Å². The van der Waals surface area contributed by atoms with Gasteiger partial charge >= 0.3 is 0 Å². The van der Waals surface area contributed by atoms with Gasteiger partial charge in [-0.2, -0.15) is 0 Å². The minimum atomic E-state index is -0.547. The molecule has 0 saturated heterocycles. The fourth-order valence-corrected chi connectivity index (χ4v) is 4.08. The van der Waals surface area contributed by atoms with Crippen LogP contribution in [0.15, 0.2) is 95.2 Å². The van der Waals surface area contributed by atoms with Crippen LogP contribution in [0.2, 0.25) is 0 Å². The molecule has 2 N–H and O–H groups in total. The monoisotopic (exact) mass is 441 g/mol. The number of nitrogens with zero attached hydrogens (tertiary/aromatic N) is 1. The third kappa shape index (κ3) is 5.21. The molecule has 0 saturated carbocycles. The van der Waals surface area contributed by atoms with E-state index in [-0.39, 0.29) is 17.5 Å². The number of aliphatic imine (C=N–C) groups is 1. The molecule has 0 bridgehead atoms. The SMILES string of the molecule is CC(=Nc1ccccc1Oc1ccc(C(C)O)cc1)C1=C(O)CC(c2ccccc2)CC1=O. The summed E-state index contributed by atoms with van der Waals surface area (Å²) in [5.74, 6) is 1.08. The lowest BCUT2D eigenvalue weighted by molar-refractivity contribution is -0.116. The van der Waals surface area contributed by atoms with Crippen molar-refractivity contribution >= 4 is 17.2 Å². The van der Waals surface area contributed by atoms with Crippen LogP contribution >= 0.6 is 0 Å². The lowest BCUT2D eigenvalue weighted by atomic mass is 9.81. The van der Waals surface area contributed by atoms with Crippen molar-refractivity contribution in [3.63, 3.8) is 0 Å². The van der Waals surface area contributed by atoms with Gasteiger partial charge in [0.15, 0.2) is 11.5 Å². The second-order valence-corrected chi connectivity index (χ2v) is 8.27. The van der Waals surface area contributed by atoms with Gasteiger partial charge in [0.2, 0.25) is 0 Å². The van der Waals surface area contributed by atoms with E-state index in [1.165, 1.54) is 0 Å². The number of aliphatic hydroxyl groups excluding tert-OH is 2. The zero-order valence-corrected chi connectivity index (χ0v) is 18.7. The number of rotatable bonds is 6. The van der Waals surface area contributed by atoms with Crippen molar-refractivity contribution in [1.29, 1.82) is 0 Å². The van der Waals surface area contributed by atoms with Crippen molar-refractivity contribution in [3.8, 4) is 11.5 Å². The fourth-order valence-electron chi connectivity index (χ4n) is 4.08. The Kier molecular flexibility index (Phi) is 6.71. The molecule has 0 fully saturated rings. The Hall–Kier alpha value is -3.70. The first-order valence-corrected chi connectivity index (χ1v) is 11.0. The van der Waals surface area contributed by atoms with E-state index in [4.69, 9.17) is 4.74 Å². The Bertz CT molecular complexity index is 1190. The van der Waals surface area contributed by atoms with Gasteiger partial charge in [-0.15, -0.1) is 0 Å². The molecule has 2 atom stereocenters. The van der Waals surface area contributed by atoms with E-state index in [1.807, 2.05) is 54.6 Å². The summed E-state index contributed by atoms with van der Waals surface area (Å²) in [4.78, 5) is 17.6. The Balaban J connectivity index is 1.58. The second kappa shape index (κ2) is 9.84. The summed E-state index contributed by atoms with van der Waals surface area (Å²) in [6.45, 7) is 3.45. The Morgan fingerprint density at radius 2 is 1.64 bits per heavy atom. The molecule has 0 aliphatic heterocycles. The first kappa shape index (κ1) is 22.5. The average Bonchev–Trinajstić information content (AvgIpc) is 2.81. The predicted octanol–water partition coefficient (Wildman–Crippen LogP) is 6.58. The number of allylic oxidation sites excluding steroid dienone is 2. The molecule has 5 nitrogen and oxygen atoms in total. The van der Waals surface area contributed by atoms with Crippen molar-refractivity contribution in [1.82, 2.24) is 0 Å². The summed E-state index contributed by atoms with van der Waals surface area (Å²) in [5, 5.41) is 20.4. The van der Waals surface area contributed by atoms with E-state index in [1.54, 1.807) is 38.1 Å². The van der Waals surface area contributed by atoms with Crippen molar-refractivity contribution in [2.45, 2.75) is 38.7 Å². The Morgan fingerprint density at radius 1 is 0.970 bits per heavy atom. The molecule has 3 aromatic carbocycles. The number of carbonyl (C=O) groups is 1. The molecule has 5 heteroatoms. The summed E-state index contributed by atoms with van der Waals surface area (Å²) in [5.41, 5.74) is 3.17. The predicted molar refractivity (Wildman–Crippen MR) is 129 cm³/mol. The van der Waals surface area contributed by atoms with Gasteiger partial charge < -0.3 is 14.9 Å². The van der Waals surface area contributed by atoms with Crippen LogP contribution < -0.4 is 4.74 Å². The highest BCUT2D eigenvalue weighted by atomic mass is 16.5. The molecule has 1 aliphatic carbocycles. The summed E-state index contributed by atoms with van der Waals surface area (Å²) in [7, 11) is 0. The minimum Gasteiger partial charge on any atom is -0.511 e. The molecule has 0 spiro atoms. The molecule has 33 heavy (non-hydrogen) atoms. The number of ether oxygens (including phenoxy) is 1. The van der Waals surface area contributed by atoms with Gasteiger partial charge in [0.25, 0.3) is 0 Å². The third-order valence-electron chi connectivity index (χ3n) is 5.82. The molecule has 2 unspecified atom stereocenters. The van der Waals surface area contributed by atoms with E-state index < -0.39 is 6.10 Å². The van der Waals surface area contributed by atoms with Gasteiger partial charge in [0.1, 0.15) is 17.2 Å². The first-order chi connectivity index (χ1) is 15.9. The number of hydrogen-bond acceptors (Lipinski definition) is 5. The summed E-state index contributed by atoms with van der Waals surface area (Å²) >= 11 is 0. The molecule has 3 aromatic rings. The van der Waals surface area contributed by atoms with Crippen LogP contribution in [0.3, 0.4) is 0 Å². The zero-order chi connectivity index (χ0) is 23.4. The van der Waals surface area contributed by atoms with E-state index >= 15 is 0 Å². The molecule has 0 amide bonds. The van der Waals surface area contributed by atoms with E-state index in [2.05, 4.69) is 4.99 Å². The van der Waals surface area contributed by atoms with Gasteiger partial charge in [0.05, 0.1) is 17.4 Å². The zero-order valence-electron chi connectivity index (χ0n) is 18.7. The van der Waals surface area contributed by atoms with Gasteiger partial charge in [0, 0.05) is 12.8 Å². The maximum Gasteiger partial charge on any atom is 0.168 e. The molecular formula is C28H27NO4. The first-order valence-electron chi connectivity index (χ1n) is 11.0. The van der Waals surface area contributed by atoms with Gasteiger partial charge in [-0.1, -0.05) is 54.6 Å². The average molecular weight is 442 g/mol. The lowest BCUT2D eigenvalue weighted by Crippen LogP contribution is -2.22. The number of carbonyl (C=O) groups excluding carboxylic acids is 1. The van der Waals surface area contributed by atoms with E-state index in [0.29, 0.717) is 41.3 Å². The number of para-hydroxylation sites is 2. The summed E-state index contributed by atoms with van der Waals surface area (Å²) < 4.78 is 6.01. The maximum absolute atomic E-state index is 12.9. The second-order valence-electron chi connectivity index (χ2n) is 8.27. The fraction of sp³-hybridized carbons (Fsp3) is 0.214. The quantitative estimate of drug-likeness (QED) is 0.423. The molecule has 0 heterocycles. The Morgan fingerprint density at radius 3 is 2.30 bits per heavy atom. The van der Waals surface area contributed by atoms with Crippen LogP contribution in [-0.2, 0) is 4.79 Å². The topological polar surface area (TPSA) is 79.1 Å². The number of ketones is 1. The van der Waals surface area contributed by atoms with Gasteiger partial charge in [-0.05, 0) is 55.2 Å². The molecule has 1 aliphatic rings. The smallest absolute Gasteiger partial charge is 0.168 e. The number of hydrogen-bond donors (Lipinski definition) is 2. The van der Waals surface area contributed by atoms with Crippen molar-refractivity contribution in [2.75, 3.05) is 0 Å². The van der Waals surface area contributed by atoms with Crippen LogP contribution in [0.5, 0.6) is 11.5 Å². The number of benzene rings is 3. The van der Waals surface area contributed by atoms with Crippen LogP contribution in [0.4, 0.5) is 5.69 Å². The van der Waals surface area contributed by atoms with Gasteiger partial charge in [-0.3, -0.25) is 4.79 Å². The van der Waals surface area contributed by atoms with Crippen LogP contribution in [0.1, 0.15) is 49.8 Å². The maximum atomic E-state index is 12.9. The molecular weight excluding hydrogens is 414 g/mol. The Labute approximate surface area is 193 Å². The minimum absolute atomic E-state index is 0.0320. The van der Waals surface area contributed by atoms with E-state index in [9.17, 15) is 15.0 Å². The van der Waals surface area contributed by atoms with Gasteiger partial charge in [-0.25, -0.2) is 4.99 Å². The molecule has 0 radical (unpaired) electrons. The van der Waals surface area contributed by atoms with Crippen LogP contribution in [-0.4, -0.2) is 21.7 Å². The largest absolute Gasteiger partial charge is 0.511 e. The summed E-state index contributed by atoms with van der Waals surface area (Å²) in [6.07, 6.45) is 0.199. The van der Waals surface area contributed by atoms with Crippen molar-refractivity contribution in [3.05, 3.63) is 101 Å². The number of aliphatic hydroxyl groups is 2. The lowest BCUT2D eigenvalue weighted by Gasteiger charge is -2.23. The normalized spacial score (nSPS) is 17.7. The highest BCUT2D eigenvalue weighted by Gasteiger charge is 2.30. The van der Waals surface area contributed by atoms with Crippen molar-refractivity contribution < 1.29 is 19.7 Å². The summed E-state index contributed by atoms with van der Waals surface area (Å²) in [6, 6.07) is 24.3. The molecule has 4 rings (SSSR count). The third-order valence-corrected chi connectivity index (χ3v) is 5.82. The standard InChI is InChI=1S/C28H27NO4/c1-18(28-25(31)16-22(17-26(28)32)21-8-4-3-5-9-21)29-24-10-6-7-11-27(24)33-23-14-12-20(13-15-23)19(2)30/h3-15,19,22,30-31H,16-17H2,1-2H3. The van der Waals surface area contributed by atoms with Crippen LogP contribution in [0.25, 0.3) is 0 Å². The molecule has 168 valence electrons. The number of Topliss-reactive ketones (excluding diaryl/α,β-unsaturated/α-hetero) is 1. The highest BCUT2D eigenvalue weighted by molar-refractivity contribution is 6.23. The van der Waals surface area contributed by atoms with Crippen molar-refractivity contribution in [2.24, 2.45) is 4.99 Å². The highest BCUT2D eigenvalue weighted by Crippen LogP contribution is 2.36. The molecule has 0 aromatic heterocycles.